The van der Waals surface area contributed by atoms with E-state index in [0.717, 1.165) is 0 Å². The van der Waals surface area contributed by atoms with Crippen LogP contribution in [0.2, 0.25) is 9.26 Å². The van der Waals surface area contributed by atoms with Gasteiger partial charge in [-0.1, -0.05) is 0 Å². The summed E-state index contributed by atoms with van der Waals surface area (Å²) in [5, 5.41) is 0. The summed E-state index contributed by atoms with van der Waals surface area (Å²) in [4.78, 5) is 0. The Balaban J connectivity index is 1.94. The average molecular weight is 438 g/mol. The molecule has 2 aromatic carbocycles. The number of hydrogen-bond donors (Lipinski definition) is 0. The van der Waals surface area contributed by atoms with E-state index in [0.29, 0.717) is 7.25 Å². The minimum absolute atomic E-state index is 0.669. The molecule has 4 rings (SSSR count). The summed E-state index contributed by atoms with van der Waals surface area (Å²) in [5.74, 6) is 0. The van der Waals surface area contributed by atoms with Crippen LogP contribution in [-0.4, -0.2) is 6.88 Å². The number of allylic oxidation sites excluding steroid dienone is 2. The van der Waals surface area contributed by atoms with Gasteiger partial charge in [0, 0.05) is 0 Å². The van der Waals surface area contributed by atoms with Gasteiger partial charge in [-0.25, -0.2) is 0 Å². The first-order chi connectivity index (χ1) is 12.4. The van der Waals surface area contributed by atoms with Crippen LogP contribution in [0.15, 0.2) is 59.7 Å². The van der Waals surface area contributed by atoms with Crippen LogP contribution in [0.5, 0.6) is 0 Å². The summed E-state index contributed by atoms with van der Waals surface area (Å²) in [5.41, 5.74) is 9.51. The number of fused-ring (bicyclic) bond motifs is 2. The Kier molecular flexibility index (Phi) is 4.44. The first-order valence-electron chi connectivity index (χ1n) is 10.0. The number of rotatable bonds is 4. The van der Waals surface area contributed by atoms with Crippen LogP contribution in [0, 0.1) is 0 Å². The standard InChI is InChI=1S/2C11H11.2CH3.H2Si.Zr/c2*1-2-9-7-10-5-3-4-6-11(10)8-9;;;;/h2*3-8H,2H2,1H3;2*1H3;1H2;. The summed E-state index contributed by atoms with van der Waals surface area (Å²) in [6.45, 7) is 7.13. The zero-order valence-electron chi connectivity index (χ0n) is 16.5. The van der Waals surface area contributed by atoms with Gasteiger partial charge >= 0.3 is 162 Å². The fourth-order valence-electron chi connectivity index (χ4n) is 5.79. The molecule has 0 radical (unpaired) electrons. The Bertz CT molecular complexity index is 927. The molecule has 0 saturated heterocycles. The van der Waals surface area contributed by atoms with E-state index in [1.54, 1.807) is 22.3 Å². The maximum atomic E-state index is 2.73. The molecule has 0 amide bonds. The molecule has 0 heterocycles. The van der Waals surface area contributed by atoms with Crippen molar-refractivity contribution in [3.05, 3.63) is 81.9 Å². The van der Waals surface area contributed by atoms with Gasteiger partial charge in [-0.2, -0.15) is 0 Å². The van der Waals surface area contributed by atoms with Gasteiger partial charge in [-0.3, -0.25) is 0 Å². The van der Waals surface area contributed by atoms with Crippen LogP contribution in [0.4, 0.5) is 0 Å². The van der Waals surface area contributed by atoms with Crippen LogP contribution >= 0.6 is 0 Å². The van der Waals surface area contributed by atoms with E-state index in [4.69, 9.17) is 0 Å². The van der Waals surface area contributed by atoms with Crippen molar-refractivity contribution in [2.45, 2.75) is 43.2 Å². The van der Waals surface area contributed by atoms with Crippen LogP contribution in [0.3, 0.4) is 0 Å². The second-order valence-corrected chi connectivity index (χ2v) is 39.7. The van der Waals surface area contributed by atoms with E-state index >= 15 is 0 Å². The third-order valence-corrected chi connectivity index (χ3v) is 24.3. The van der Waals surface area contributed by atoms with E-state index in [1.165, 1.54) is 24.0 Å². The van der Waals surface area contributed by atoms with Crippen LogP contribution in [-0.2, 0) is 17.4 Å². The van der Waals surface area contributed by atoms with Gasteiger partial charge in [0.05, 0.1) is 0 Å². The maximum absolute atomic E-state index is 3.22. The van der Waals surface area contributed by atoms with Crippen molar-refractivity contribution in [1.82, 2.24) is 0 Å². The van der Waals surface area contributed by atoms with Crippen molar-refractivity contribution in [2.75, 3.05) is 0 Å². The Morgan fingerprint density at radius 1 is 0.731 bits per heavy atom. The van der Waals surface area contributed by atoms with Crippen molar-refractivity contribution in [1.29, 1.82) is 0 Å². The molecule has 134 valence electrons. The molecular formula is C24H30SiZr. The molecule has 0 spiro atoms. The van der Waals surface area contributed by atoms with Crippen LogP contribution in [0.25, 0.3) is 12.2 Å². The third-order valence-electron chi connectivity index (χ3n) is 6.75. The van der Waals surface area contributed by atoms with E-state index in [1.807, 2.05) is 0 Å². The van der Waals surface area contributed by atoms with Crippen molar-refractivity contribution >= 4 is 19.0 Å². The predicted octanol–water partition coefficient (Wildman–Crippen LogP) is 6.42. The van der Waals surface area contributed by atoms with E-state index in [-0.39, 0.29) is 0 Å². The van der Waals surface area contributed by atoms with Gasteiger partial charge in [-0.15, -0.1) is 0 Å². The van der Waals surface area contributed by atoms with Crippen molar-refractivity contribution < 1.29 is 17.4 Å². The van der Waals surface area contributed by atoms with Crippen LogP contribution < -0.4 is 0 Å². The van der Waals surface area contributed by atoms with Gasteiger partial charge in [0.25, 0.3) is 0 Å². The molecule has 2 aliphatic rings. The van der Waals surface area contributed by atoms with E-state index in [2.05, 4.69) is 90.7 Å². The predicted molar refractivity (Wildman–Crippen MR) is 115 cm³/mol. The molecule has 0 fully saturated rings. The van der Waals surface area contributed by atoms with Crippen LogP contribution in [0.1, 0.15) is 56.2 Å². The van der Waals surface area contributed by atoms with Crippen molar-refractivity contribution in [3.8, 4) is 0 Å². The molecule has 0 bridgehead atoms. The normalized spacial score (nSPS) is 21.9. The SMILES string of the molecule is CCC1=Cc2ccccc2[CH]1[Zr]([CH3])([CH3])(=[SiH2])[CH]1C(CC)=Cc2ccccc21. The summed E-state index contributed by atoms with van der Waals surface area (Å²) < 4.78 is 6.79. The molecule has 0 aromatic heterocycles. The van der Waals surface area contributed by atoms with Gasteiger partial charge in [0.1, 0.15) is 0 Å². The summed E-state index contributed by atoms with van der Waals surface area (Å²) in [6, 6.07) is 18.3. The number of hydrogen-bond acceptors (Lipinski definition) is 0. The summed E-state index contributed by atoms with van der Waals surface area (Å²) >= 11 is -3.22. The molecule has 26 heavy (non-hydrogen) atoms. The van der Waals surface area contributed by atoms with E-state index < -0.39 is 17.4 Å². The second kappa shape index (κ2) is 6.28. The Morgan fingerprint density at radius 2 is 1.12 bits per heavy atom. The molecule has 2 atom stereocenters. The third kappa shape index (κ3) is 2.64. The first kappa shape index (κ1) is 18.4. The summed E-state index contributed by atoms with van der Waals surface area (Å²) in [7, 11) is 0. The molecular weight excluding hydrogens is 408 g/mol. The van der Waals surface area contributed by atoms with Crippen molar-refractivity contribution in [3.63, 3.8) is 0 Å². The molecule has 2 unspecified atom stereocenters. The molecule has 2 aromatic rings. The first-order valence-corrected chi connectivity index (χ1v) is 23.7. The Hall–Kier alpha value is -0.980. The van der Waals surface area contributed by atoms with Crippen molar-refractivity contribution in [2.24, 2.45) is 0 Å². The topological polar surface area (TPSA) is 0 Å². The average Bonchev–Trinajstić information content (AvgIpc) is 3.20. The Morgan fingerprint density at radius 3 is 1.50 bits per heavy atom. The molecule has 2 aliphatic carbocycles. The molecule has 2 heteroatoms. The number of benzene rings is 2. The Labute approximate surface area is 160 Å². The molecule has 0 nitrogen and oxygen atoms in total. The van der Waals surface area contributed by atoms with Gasteiger partial charge in [0.15, 0.2) is 0 Å². The zero-order valence-corrected chi connectivity index (χ0v) is 20.4. The molecule has 0 N–H and O–H groups in total. The quantitative estimate of drug-likeness (QED) is 0.484. The zero-order chi connectivity index (χ0) is 18.6. The fourth-order valence-corrected chi connectivity index (χ4v) is 26.0. The molecule has 0 saturated carbocycles. The molecule has 0 aliphatic heterocycles. The minimum atomic E-state index is -3.22. The summed E-state index contributed by atoms with van der Waals surface area (Å²) in [6.07, 6.45) is 7.35. The van der Waals surface area contributed by atoms with Gasteiger partial charge in [-0.05, 0) is 0 Å². The van der Waals surface area contributed by atoms with Gasteiger partial charge < -0.3 is 0 Å². The van der Waals surface area contributed by atoms with Gasteiger partial charge in [0.2, 0.25) is 0 Å². The van der Waals surface area contributed by atoms with E-state index in [9.17, 15) is 0 Å². The second-order valence-electron chi connectivity index (χ2n) is 9.21. The fraction of sp³-hybridized carbons (Fsp3) is 0.333. The monoisotopic (exact) mass is 436 g/mol.